The molecule has 134 valence electrons. The Labute approximate surface area is 151 Å². The minimum Gasteiger partial charge on any atom is -0.489 e. The summed E-state index contributed by atoms with van der Waals surface area (Å²) in [6.45, 7) is 8.71. The molecule has 25 heavy (non-hydrogen) atoms. The second-order valence-electron chi connectivity index (χ2n) is 6.73. The molecule has 0 bridgehead atoms. The summed E-state index contributed by atoms with van der Waals surface area (Å²) in [4.78, 5) is 12.6. The quantitative estimate of drug-likeness (QED) is 0.662. The van der Waals surface area contributed by atoms with Crippen LogP contribution in [0.5, 0.6) is 5.75 Å². The first-order valence-electron chi connectivity index (χ1n) is 8.82. The summed E-state index contributed by atoms with van der Waals surface area (Å²) >= 11 is 0. The number of rotatable bonds is 7. The molecule has 0 aliphatic rings. The number of methoxy groups -OCH3 is 1. The Hall–Kier alpha value is -2.29. The van der Waals surface area contributed by atoms with Gasteiger partial charge in [0.25, 0.3) is 0 Å². The average molecular weight is 340 g/mol. The summed E-state index contributed by atoms with van der Waals surface area (Å²) in [6.07, 6.45) is 0.695. The molecule has 0 aliphatic carbocycles. The zero-order valence-electron chi connectivity index (χ0n) is 15.8. The van der Waals surface area contributed by atoms with Crippen molar-refractivity contribution in [3.05, 3.63) is 65.2 Å². The lowest BCUT2D eigenvalue weighted by Crippen LogP contribution is -2.41. The number of carbonyl (C=O) groups excluding carboxylic acids is 1. The smallest absolute Gasteiger partial charge is 0.316 e. The fourth-order valence-electron chi connectivity index (χ4n) is 3.45. The van der Waals surface area contributed by atoms with E-state index in [-0.39, 0.29) is 11.9 Å². The lowest BCUT2D eigenvalue weighted by molar-refractivity contribution is -0.149. The number of hydrogen-bond acceptors (Lipinski definition) is 3. The van der Waals surface area contributed by atoms with Crippen molar-refractivity contribution < 1.29 is 14.3 Å². The van der Waals surface area contributed by atoms with Crippen LogP contribution in [-0.4, -0.2) is 13.1 Å². The molecule has 0 fully saturated rings. The molecule has 3 nitrogen and oxygen atoms in total. The van der Waals surface area contributed by atoms with Crippen LogP contribution in [0.25, 0.3) is 0 Å². The van der Waals surface area contributed by atoms with E-state index in [1.54, 1.807) is 0 Å². The molecule has 2 aromatic carbocycles. The number of benzene rings is 2. The van der Waals surface area contributed by atoms with Gasteiger partial charge in [0, 0.05) is 0 Å². The van der Waals surface area contributed by atoms with E-state index in [1.165, 1.54) is 7.11 Å². The first-order valence-corrected chi connectivity index (χ1v) is 8.82. The summed E-state index contributed by atoms with van der Waals surface area (Å²) in [5.41, 5.74) is 2.51. The third-order valence-electron chi connectivity index (χ3n) is 5.02. The molecule has 0 saturated heterocycles. The highest BCUT2D eigenvalue weighted by atomic mass is 16.5. The molecule has 1 atom stereocenters. The summed E-state index contributed by atoms with van der Waals surface area (Å²) < 4.78 is 11.1. The molecule has 1 unspecified atom stereocenters. The minimum atomic E-state index is -0.628. The topological polar surface area (TPSA) is 35.5 Å². The molecule has 0 saturated carbocycles. The molecule has 2 rings (SSSR count). The predicted molar refractivity (Wildman–Crippen MR) is 101 cm³/mol. The van der Waals surface area contributed by atoms with Crippen LogP contribution in [0.15, 0.2) is 48.5 Å². The fourth-order valence-corrected chi connectivity index (χ4v) is 3.45. The molecule has 0 N–H and O–H groups in total. The van der Waals surface area contributed by atoms with Crippen LogP contribution in [0, 0.1) is 12.8 Å². The van der Waals surface area contributed by atoms with Crippen molar-refractivity contribution in [1.29, 1.82) is 0 Å². The first kappa shape index (κ1) is 19.0. The van der Waals surface area contributed by atoms with Gasteiger partial charge >= 0.3 is 5.97 Å². The van der Waals surface area contributed by atoms with Crippen LogP contribution in [0.3, 0.4) is 0 Å². The maximum absolute atomic E-state index is 12.6. The number of esters is 1. The standard InChI is InChI=1S/C22H28O3/c1-6-22(16(2)3,21(23)24-5)19-12-13-20(17(4)14-19)25-15-18-10-8-7-9-11-18/h7-14,16H,6,15H2,1-5H3. The van der Waals surface area contributed by atoms with Gasteiger partial charge in [0.15, 0.2) is 0 Å². The third kappa shape index (κ3) is 3.87. The highest BCUT2D eigenvalue weighted by Crippen LogP contribution is 2.38. The second kappa shape index (κ2) is 8.19. The second-order valence-corrected chi connectivity index (χ2v) is 6.73. The maximum atomic E-state index is 12.6. The highest BCUT2D eigenvalue weighted by Gasteiger charge is 2.42. The normalized spacial score (nSPS) is 13.4. The fraction of sp³-hybridized carbons (Fsp3) is 0.409. The molecule has 0 amide bonds. The maximum Gasteiger partial charge on any atom is 0.316 e. The minimum absolute atomic E-state index is 0.139. The van der Waals surface area contributed by atoms with Crippen molar-refractivity contribution in [3.8, 4) is 5.75 Å². The van der Waals surface area contributed by atoms with Gasteiger partial charge in [-0.15, -0.1) is 0 Å². The van der Waals surface area contributed by atoms with Gasteiger partial charge in [-0.25, -0.2) is 0 Å². The molecule has 0 heterocycles. The third-order valence-corrected chi connectivity index (χ3v) is 5.02. The van der Waals surface area contributed by atoms with Crippen LogP contribution in [-0.2, 0) is 21.6 Å². The van der Waals surface area contributed by atoms with E-state index < -0.39 is 5.41 Å². The molecule has 0 aromatic heterocycles. The van der Waals surface area contributed by atoms with E-state index in [1.807, 2.05) is 56.3 Å². The summed E-state index contributed by atoms with van der Waals surface area (Å²) in [7, 11) is 1.46. The molecule has 3 heteroatoms. The van der Waals surface area contributed by atoms with E-state index in [4.69, 9.17) is 9.47 Å². The van der Waals surface area contributed by atoms with Gasteiger partial charge in [0.1, 0.15) is 12.4 Å². The summed E-state index contributed by atoms with van der Waals surface area (Å²) in [6, 6.07) is 16.1. The largest absolute Gasteiger partial charge is 0.489 e. The van der Waals surface area contributed by atoms with Crippen molar-refractivity contribution in [1.82, 2.24) is 0 Å². The zero-order chi connectivity index (χ0) is 18.4. The van der Waals surface area contributed by atoms with Crippen LogP contribution in [0.4, 0.5) is 0 Å². The van der Waals surface area contributed by atoms with Crippen LogP contribution >= 0.6 is 0 Å². The first-order chi connectivity index (χ1) is 12.0. The highest BCUT2D eigenvalue weighted by molar-refractivity contribution is 5.83. The Morgan fingerprint density at radius 3 is 2.32 bits per heavy atom. The number of aryl methyl sites for hydroxylation is 1. The van der Waals surface area contributed by atoms with Gasteiger partial charge in [-0.05, 0) is 42.0 Å². The van der Waals surface area contributed by atoms with Gasteiger partial charge in [-0.1, -0.05) is 63.2 Å². The van der Waals surface area contributed by atoms with E-state index in [0.29, 0.717) is 13.0 Å². The Kier molecular flexibility index (Phi) is 6.24. The average Bonchev–Trinajstić information content (AvgIpc) is 2.62. The lowest BCUT2D eigenvalue weighted by Gasteiger charge is -2.34. The van der Waals surface area contributed by atoms with Crippen molar-refractivity contribution in [2.75, 3.05) is 7.11 Å². The van der Waals surface area contributed by atoms with E-state index in [9.17, 15) is 4.79 Å². The van der Waals surface area contributed by atoms with E-state index in [0.717, 1.165) is 22.4 Å². The molecule has 2 aromatic rings. The number of carbonyl (C=O) groups is 1. The van der Waals surface area contributed by atoms with Gasteiger partial charge in [0.05, 0.1) is 12.5 Å². The van der Waals surface area contributed by atoms with E-state index >= 15 is 0 Å². The Bertz CT molecular complexity index is 706. The van der Waals surface area contributed by atoms with Crippen LogP contribution in [0.1, 0.15) is 43.9 Å². The van der Waals surface area contributed by atoms with Crippen molar-refractivity contribution in [2.45, 2.75) is 46.1 Å². The van der Waals surface area contributed by atoms with Crippen LogP contribution < -0.4 is 4.74 Å². The molecule has 0 radical (unpaired) electrons. The molecule has 0 aliphatic heterocycles. The van der Waals surface area contributed by atoms with Gasteiger partial charge < -0.3 is 9.47 Å². The lowest BCUT2D eigenvalue weighted by atomic mass is 9.69. The van der Waals surface area contributed by atoms with Crippen molar-refractivity contribution in [2.24, 2.45) is 5.92 Å². The summed E-state index contributed by atoms with van der Waals surface area (Å²) in [5.74, 6) is 0.800. The number of ether oxygens (including phenoxy) is 2. The number of hydrogen-bond donors (Lipinski definition) is 0. The molecule has 0 spiro atoms. The Morgan fingerprint density at radius 1 is 1.12 bits per heavy atom. The van der Waals surface area contributed by atoms with Gasteiger partial charge in [-0.3, -0.25) is 4.79 Å². The Balaban J connectivity index is 2.29. The Morgan fingerprint density at radius 2 is 1.80 bits per heavy atom. The molecular formula is C22H28O3. The summed E-state index contributed by atoms with van der Waals surface area (Å²) in [5, 5.41) is 0. The molecular weight excluding hydrogens is 312 g/mol. The predicted octanol–water partition coefficient (Wildman–Crippen LogP) is 5.05. The van der Waals surface area contributed by atoms with E-state index in [2.05, 4.69) is 19.9 Å². The monoisotopic (exact) mass is 340 g/mol. The van der Waals surface area contributed by atoms with Crippen molar-refractivity contribution >= 4 is 5.97 Å². The van der Waals surface area contributed by atoms with Crippen LogP contribution in [0.2, 0.25) is 0 Å². The SMILES string of the molecule is CCC(C(=O)OC)(c1ccc(OCc2ccccc2)c(C)c1)C(C)C. The van der Waals surface area contributed by atoms with Gasteiger partial charge in [0.2, 0.25) is 0 Å². The van der Waals surface area contributed by atoms with Gasteiger partial charge in [-0.2, -0.15) is 0 Å². The van der Waals surface area contributed by atoms with Crippen molar-refractivity contribution in [3.63, 3.8) is 0 Å². The zero-order valence-corrected chi connectivity index (χ0v) is 15.8.